The molecular weight excluding hydrogens is 259 g/mol. The van der Waals surface area contributed by atoms with Crippen molar-refractivity contribution in [1.82, 2.24) is 5.32 Å². The Hall–Kier alpha value is -1.62. The predicted octanol–water partition coefficient (Wildman–Crippen LogP) is 2.21. The smallest absolute Gasteiger partial charge is 0.258 e. The van der Waals surface area contributed by atoms with Gasteiger partial charge in [-0.3, -0.25) is 4.79 Å². The lowest BCUT2D eigenvalue weighted by molar-refractivity contribution is -0.124. The number of para-hydroxylation sites is 1. The minimum absolute atomic E-state index is 0.106. The summed E-state index contributed by atoms with van der Waals surface area (Å²) in [5.74, 6) is -0.457. The van der Waals surface area contributed by atoms with Gasteiger partial charge in [0.15, 0.2) is 17.7 Å². The van der Waals surface area contributed by atoms with E-state index in [1.165, 1.54) is 6.07 Å². The lowest BCUT2D eigenvalue weighted by atomic mass is 10.1. The highest BCUT2D eigenvalue weighted by atomic mass is 19.1. The van der Waals surface area contributed by atoms with Gasteiger partial charge in [-0.1, -0.05) is 32.9 Å². The fourth-order valence-corrected chi connectivity index (χ4v) is 1.81. The molecule has 0 saturated heterocycles. The molecule has 1 amide bonds. The molecule has 0 aliphatic carbocycles. The number of benzene rings is 1. The van der Waals surface area contributed by atoms with Crippen molar-refractivity contribution in [3.63, 3.8) is 0 Å². The van der Waals surface area contributed by atoms with Crippen molar-refractivity contribution < 1.29 is 13.9 Å². The second-order valence-electron chi connectivity index (χ2n) is 5.17. The van der Waals surface area contributed by atoms with E-state index < -0.39 is 17.8 Å². The number of carbonyl (C=O) groups excluding carboxylic acids is 1. The van der Waals surface area contributed by atoms with Crippen LogP contribution in [0, 0.1) is 11.7 Å². The minimum Gasteiger partial charge on any atom is -0.477 e. The van der Waals surface area contributed by atoms with E-state index in [9.17, 15) is 9.18 Å². The Balaban J connectivity index is 2.84. The van der Waals surface area contributed by atoms with Crippen LogP contribution in [0.1, 0.15) is 32.8 Å². The number of carbonyl (C=O) groups is 1. The van der Waals surface area contributed by atoms with Crippen molar-refractivity contribution in [2.24, 2.45) is 11.7 Å². The molecule has 1 rings (SSSR count). The van der Waals surface area contributed by atoms with Crippen LogP contribution >= 0.6 is 0 Å². The van der Waals surface area contributed by atoms with Gasteiger partial charge in [-0.2, -0.15) is 0 Å². The first-order chi connectivity index (χ1) is 9.45. The molecule has 0 bridgehead atoms. The van der Waals surface area contributed by atoms with Gasteiger partial charge in [0.25, 0.3) is 5.91 Å². The van der Waals surface area contributed by atoms with Gasteiger partial charge < -0.3 is 15.8 Å². The highest BCUT2D eigenvalue weighted by Crippen LogP contribution is 2.24. The molecule has 0 aliphatic heterocycles. The first-order valence-corrected chi connectivity index (χ1v) is 6.89. The van der Waals surface area contributed by atoms with Crippen LogP contribution in [0.2, 0.25) is 0 Å². The first kappa shape index (κ1) is 16.4. The van der Waals surface area contributed by atoms with E-state index in [0.29, 0.717) is 24.4 Å². The fourth-order valence-electron chi connectivity index (χ4n) is 1.81. The van der Waals surface area contributed by atoms with E-state index in [2.05, 4.69) is 19.2 Å². The highest BCUT2D eigenvalue weighted by Gasteiger charge is 2.19. The van der Waals surface area contributed by atoms with Crippen molar-refractivity contribution in [3.05, 3.63) is 29.6 Å². The number of hydrogen-bond acceptors (Lipinski definition) is 3. The van der Waals surface area contributed by atoms with Crippen molar-refractivity contribution in [3.8, 4) is 5.75 Å². The third kappa shape index (κ3) is 4.81. The summed E-state index contributed by atoms with van der Waals surface area (Å²) in [6.45, 7) is 7.27. The largest absolute Gasteiger partial charge is 0.477 e. The molecule has 112 valence electrons. The third-order valence-electron chi connectivity index (χ3n) is 2.86. The lowest BCUT2D eigenvalue weighted by Gasteiger charge is -2.18. The molecule has 0 aromatic heterocycles. The summed E-state index contributed by atoms with van der Waals surface area (Å²) in [7, 11) is 0. The molecule has 1 aromatic carbocycles. The molecule has 0 spiro atoms. The molecule has 0 fully saturated rings. The summed E-state index contributed by atoms with van der Waals surface area (Å²) in [6.07, 6.45) is -0.404. The molecular formula is C15H23FN2O2. The Labute approximate surface area is 119 Å². The van der Waals surface area contributed by atoms with Gasteiger partial charge in [0.05, 0.1) is 0 Å². The molecule has 20 heavy (non-hydrogen) atoms. The SMILES string of the molecule is CCC(Oc1c(F)cccc1CNCC(C)C)C(N)=O. The Morgan fingerprint density at radius 3 is 2.70 bits per heavy atom. The number of primary amides is 1. The maximum atomic E-state index is 13.9. The summed E-state index contributed by atoms with van der Waals surface area (Å²) in [4.78, 5) is 11.2. The molecule has 0 radical (unpaired) electrons. The van der Waals surface area contributed by atoms with Crippen molar-refractivity contribution >= 4 is 5.91 Å². The fraction of sp³-hybridized carbons (Fsp3) is 0.533. The normalized spacial score (nSPS) is 12.4. The van der Waals surface area contributed by atoms with E-state index in [4.69, 9.17) is 10.5 Å². The Bertz CT molecular complexity index is 449. The van der Waals surface area contributed by atoms with Gasteiger partial charge in [0, 0.05) is 12.1 Å². The summed E-state index contributed by atoms with van der Waals surface area (Å²) in [5, 5.41) is 3.23. The van der Waals surface area contributed by atoms with Crippen LogP contribution in [-0.2, 0) is 11.3 Å². The van der Waals surface area contributed by atoms with Crippen LogP contribution < -0.4 is 15.8 Å². The van der Waals surface area contributed by atoms with Crippen LogP contribution in [0.4, 0.5) is 4.39 Å². The van der Waals surface area contributed by atoms with Crippen molar-refractivity contribution in [2.45, 2.75) is 39.8 Å². The molecule has 1 atom stereocenters. The zero-order valence-electron chi connectivity index (χ0n) is 12.3. The number of nitrogens with one attached hydrogen (secondary N) is 1. The Morgan fingerprint density at radius 2 is 2.15 bits per heavy atom. The number of halogens is 1. The molecule has 0 heterocycles. The molecule has 5 heteroatoms. The van der Waals surface area contributed by atoms with Gasteiger partial charge in [0.2, 0.25) is 0 Å². The lowest BCUT2D eigenvalue weighted by Crippen LogP contribution is -2.33. The van der Waals surface area contributed by atoms with Gasteiger partial charge in [-0.25, -0.2) is 4.39 Å². The van der Waals surface area contributed by atoms with Gasteiger partial charge in [0.1, 0.15) is 0 Å². The molecule has 3 N–H and O–H groups in total. The number of rotatable bonds is 8. The van der Waals surface area contributed by atoms with Crippen LogP contribution in [0.25, 0.3) is 0 Å². The van der Waals surface area contributed by atoms with E-state index in [1.807, 2.05) is 0 Å². The molecule has 0 saturated carbocycles. The zero-order chi connectivity index (χ0) is 15.1. The summed E-state index contributed by atoms with van der Waals surface area (Å²) in [5.41, 5.74) is 5.92. The number of nitrogens with two attached hydrogens (primary N) is 1. The van der Waals surface area contributed by atoms with Crippen LogP contribution in [0.15, 0.2) is 18.2 Å². The molecule has 1 aromatic rings. The van der Waals surface area contributed by atoms with Crippen LogP contribution in [-0.4, -0.2) is 18.6 Å². The molecule has 1 unspecified atom stereocenters. The predicted molar refractivity (Wildman–Crippen MR) is 76.8 cm³/mol. The highest BCUT2D eigenvalue weighted by molar-refractivity contribution is 5.79. The zero-order valence-corrected chi connectivity index (χ0v) is 12.3. The summed E-state index contributed by atoms with van der Waals surface area (Å²) < 4.78 is 19.3. The summed E-state index contributed by atoms with van der Waals surface area (Å²) >= 11 is 0. The van der Waals surface area contributed by atoms with Crippen molar-refractivity contribution in [1.29, 1.82) is 0 Å². The Morgan fingerprint density at radius 1 is 1.45 bits per heavy atom. The number of hydrogen-bond donors (Lipinski definition) is 2. The van der Waals surface area contributed by atoms with Crippen LogP contribution in [0.3, 0.4) is 0 Å². The van der Waals surface area contributed by atoms with E-state index >= 15 is 0 Å². The average Bonchev–Trinajstić information content (AvgIpc) is 2.37. The van der Waals surface area contributed by atoms with E-state index in [1.54, 1.807) is 19.1 Å². The second-order valence-corrected chi connectivity index (χ2v) is 5.17. The quantitative estimate of drug-likeness (QED) is 0.768. The maximum absolute atomic E-state index is 13.9. The first-order valence-electron chi connectivity index (χ1n) is 6.89. The number of amides is 1. The molecule has 4 nitrogen and oxygen atoms in total. The summed E-state index contributed by atoms with van der Waals surface area (Å²) in [6, 6.07) is 4.72. The monoisotopic (exact) mass is 282 g/mol. The average molecular weight is 282 g/mol. The topological polar surface area (TPSA) is 64.3 Å². The standard InChI is InChI=1S/C15H23FN2O2/c1-4-13(15(17)19)20-14-11(6-5-7-12(14)16)9-18-8-10(2)3/h5-7,10,13,18H,4,8-9H2,1-3H3,(H2,17,19). The molecule has 0 aliphatic rings. The van der Waals surface area contributed by atoms with Crippen molar-refractivity contribution in [2.75, 3.05) is 6.54 Å². The number of ether oxygens (including phenoxy) is 1. The van der Waals surface area contributed by atoms with Crippen LogP contribution in [0.5, 0.6) is 5.75 Å². The Kier molecular flexibility index (Phi) is 6.45. The maximum Gasteiger partial charge on any atom is 0.258 e. The van der Waals surface area contributed by atoms with E-state index in [0.717, 1.165) is 6.54 Å². The van der Waals surface area contributed by atoms with Gasteiger partial charge in [-0.05, 0) is 24.9 Å². The minimum atomic E-state index is -0.809. The van der Waals surface area contributed by atoms with E-state index in [-0.39, 0.29) is 5.75 Å². The third-order valence-corrected chi connectivity index (χ3v) is 2.86. The van der Waals surface area contributed by atoms with Gasteiger partial charge >= 0.3 is 0 Å². The van der Waals surface area contributed by atoms with Gasteiger partial charge in [-0.15, -0.1) is 0 Å². The second kappa shape index (κ2) is 7.85.